The third-order valence-corrected chi connectivity index (χ3v) is 8.80. The van der Waals surface area contributed by atoms with Crippen molar-refractivity contribution in [1.29, 1.82) is 0 Å². The molecule has 0 aliphatic rings. The van der Waals surface area contributed by atoms with Crippen LogP contribution < -0.4 is 29.7 Å². The van der Waals surface area contributed by atoms with Gasteiger partial charge in [0.1, 0.15) is 0 Å². The van der Waals surface area contributed by atoms with E-state index in [1.807, 2.05) is 30.3 Å². The van der Waals surface area contributed by atoms with Gasteiger partial charge in [-0.05, 0) is 34.1 Å². The second-order valence-electron chi connectivity index (χ2n) is 11.3. The van der Waals surface area contributed by atoms with Crippen LogP contribution in [0.4, 0.5) is 5.69 Å². The molecule has 0 amide bonds. The topological polar surface area (TPSA) is 3.24 Å². The Kier molecular flexibility index (Phi) is 16.1. The number of aryl methyl sites for hydroxylation is 1. The van der Waals surface area contributed by atoms with Gasteiger partial charge in [-0.25, -0.2) is 12.1 Å². The molecule has 1 nitrogen and oxygen atoms in total. The first kappa shape index (κ1) is 37.4. The molecule has 6 aromatic rings. The minimum atomic E-state index is 0. The van der Waals surface area contributed by atoms with Gasteiger partial charge in [0.2, 0.25) is 0 Å². The van der Waals surface area contributed by atoms with Gasteiger partial charge in [0.15, 0.2) is 0 Å². The summed E-state index contributed by atoms with van der Waals surface area (Å²) < 4.78 is 1.42. The van der Waals surface area contributed by atoms with Crippen LogP contribution in [0.25, 0.3) is 21.5 Å². The third-order valence-electron chi connectivity index (χ3n) is 7.38. The van der Waals surface area contributed by atoms with Gasteiger partial charge in [-0.2, -0.15) is 18.2 Å². The molecular weight excluding hydrogens is 657 g/mol. The van der Waals surface area contributed by atoms with Gasteiger partial charge >= 0.3 is 99.2 Å². The first-order chi connectivity index (χ1) is 20.4. The fourth-order valence-electron chi connectivity index (χ4n) is 5.55. The predicted molar refractivity (Wildman–Crippen MR) is 182 cm³/mol. The van der Waals surface area contributed by atoms with Crippen LogP contribution in [-0.4, -0.2) is 15.3 Å². The van der Waals surface area contributed by atoms with Crippen molar-refractivity contribution < 1.29 is 49.0 Å². The van der Waals surface area contributed by atoms with Crippen LogP contribution in [0.3, 0.4) is 0 Å². The Balaban J connectivity index is 0.000000273. The number of rotatable bonds is 7. The molecule has 44 heavy (non-hydrogen) atoms. The molecule has 0 atom stereocenters. The van der Waals surface area contributed by atoms with Gasteiger partial charge in [0.05, 0.1) is 0 Å². The van der Waals surface area contributed by atoms with Gasteiger partial charge in [0, 0.05) is 17.8 Å². The quantitative estimate of drug-likeness (QED) is 0.222. The van der Waals surface area contributed by atoms with E-state index < -0.39 is 0 Å². The maximum atomic E-state index is 2.49. The average Bonchev–Trinajstić information content (AvgIpc) is 3.70. The van der Waals surface area contributed by atoms with E-state index >= 15 is 0 Å². The van der Waals surface area contributed by atoms with Crippen molar-refractivity contribution in [2.75, 3.05) is 4.90 Å². The number of anilines is 1. The normalized spacial score (nSPS) is 10.3. The summed E-state index contributed by atoms with van der Waals surface area (Å²) in [5, 5.41) is 5.49. The molecule has 0 spiro atoms. The Labute approximate surface area is 292 Å². The molecule has 0 bridgehead atoms. The third kappa shape index (κ3) is 10.1. The summed E-state index contributed by atoms with van der Waals surface area (Å²) >= 11 is 1.46. The van der Waals surface area contributed by atoms with Crippen LogP contribution in [0.1, 0.15) is 57.7 Å². The fraction of sp³-hybridized carbons (Fsp3) is 0.225. The van der Waals surface area contributed by atoms with Crippen LogP contribution in [0.5, 0.6) is 0 Å². The summed E-state index contributed by atoms with van der Waals surface area (Å²) in [7, 11) is 0. The number of hydrogen-bond acceptors (Lipinski definition) is 1. The molecule has 0 unspecified atom stereocenters. The minimum Gasteiger partial charge on any atom is -0.214 e. The van der Waals surface area contributed by atoms with E-state index in [9.17, 15) is 0 Å². The molecule has 0 aliphatic heterocycles. The maximum absolute atomic E-state index is 2.49. The number of nitrogens with zero attached hydrogens (tertiary/aromatic N) is 1. The molecule has 0 heterocycles. The first-order valence-corrected chi connectivity index (χ1v) is 16.4. The molecule has 0 saturated heterocycles. The molecule has 228 valence electrons. The Morgan fingerprint density at radius 1 is 0.659 bits per heavy atom. The number of halogens is 2. The van der Waals surface area contributed by atoms with Crippen molar-refractivity contribution in [2.24, 2.45) is 0 Å². The summed E-state index contributed by atoms with van der Waals surface area (Å²) in [6.45, 7) is 11.3. The van der Waals surface area contributed by atoms with E-state index in [0.29, 0.717) is 12.1 Å². The van der Waals surface area contributed by atoms with Crippen LogP contribution in [0, 0.1) is 0 Å². The van der Waals surface area contributed by atoms with Crippen molar-refractivity contribution in [2.45, 2.75) is 59.5 Å². The van der Waals surface area contributed by atoms with Gasteiger partial charge in [-0.15, -0.1) is 33.7 Å². The molecule has 6 aromatic carbocycles. The first-order valence-electron chi connectivity index (χ1n) is 15.2. The van der Waals surface area contributed by atoms with Crippen molar-refractivity contribution in [3.63, 3.8) is 0 Å². The van der Waals surface area contributed by atoms with Gasteiger partial charge < -0.3 is 29.7 Å². The Hall–Kier alpha value is -2.77. The van der Waals surface area contributed by atoms with Crippen molar-refractivity contribution in [3.05, 3.63) is 150 Å². The minimum absolute atomic E-state index is 0. The summed E-state index contributed by atoms with van der Waals surface area (Å²) in [5.41, 5.74) is 5.43. The van der Waals surface area contributed by atoms with E-state index in [0.717, 1.165) is 6.42 Å². The zero-order chi connectivity index (χ0) is 29.9. The second kappa shape index (κ2) is 18.9. The summed E-state index contributed by atoms with van der Waals surface area (Å²) in [4.78, 5) is 2.49. The van der Waals surface area contributed by atoms with E-state index in [1.54, 1.807) is 0 Å². The van der Waals surface area contributed by atoms with Crippen LogP contribution in [-0.2, 0) is 30.7 Å². The number of hydrogen-bond donors (Lipinski definition) is 0. The molecular formula is C40H43Cl2NZr-2. The Morgan fingerprint density at radius 3 is 1.61 bits per heavy atom. The Morgan fingerprint density at radius 2 is 1.16 bits per heavy atom. The smallest absolute Gasteiger partial charge is 0.172 e. The molecule has 0 fully saturated rings. The predicted octanol–water partition coefficient (Wildman–Crippen LogP) is 4.50. The van der Waals surface area contributed by atoms with Crippen LogP contribution in [0.15, 0.2) is 133 Å². The zero-order valence-corrected chi connectivity index (χ0v) is 30.4. The summed E-state index contributed by atoms with van der Waals surface area (Å²) in [5.74, 6) is 0. The summed E-state index contributed by atoms with van der Waals surface area (Å²) in [6.07, 6.45) is 2.37. The molecule has 0 aliphatic carbocycles. The second-order valence-corrected chi connectivity index (χ2v) is 12.5. The van der Waals surface area contributed by atoms with E-state index in [-0.39, 0.29) is 24.8 Å². The summed E-state index contributed by atoms with van der Waals surface area (Å²) in [6, 6.07) is 48.3. The number of fused-ring (bicyclic) bond motifs is 3. The fourth-order valence-corrected chi connectivity index (χ4v) is 6.37. The average molecular weight is 700 g/mol. The van der Waals surface area contributed by atoms with Crippen molar-refractivity contribution in [1.82, 2.24) is 0 Å². The van der Waals surface area contributed by atoms with Gasteiger partial charge in [-0.3, -0.25) is 0 Å². The Bertz CT molecular complexity index is 1590. The largest absolute Gasteiger partial charge is 0.214 e. The standard InChI is InChI=1S/C22H28N.C13H10.C5H5.2ClH.Zr/c1-6-7-17-8-10-21-18(12-17)13-19-14-20(9-11-22(19)21)23(15(2)3)16(4)5;1-3-7-12(8-4-1)11-13-9-5-2-6-10-13;1-2-4-5-3-1;;;/h8-16H,6-7H2,1-5H3;1-10H;1-5H;2*1H;/q-1;;-1;;;+2/p-2. The molecule has 6 rings (SSSR count). The van der Waals surface area contributed by atoms with Crippen molar-refractivity contribution in [3.8, 4) is 0 Å². The molecule has 0 aromatic heterocycles. The maximum Gasteiger partial charge on any atom is -0.172 e. The van der Waals surface area contributed by atoms with Gasteiger partial charge in [0.25, 0.3) is 0 Å². The van der Waals surface area contributed by atoms with E-state index in [4.69, 9.17) is 0 Å². The monoisotopic (exact) mass is 697 g/mol. The van der Waals surface area contributed by atoms with E-state index in [1.165, 1.54) is 77.8 Å². The SMILES string of the molecule is CCCc1ccc2c(c1)[cH-]c1cc(N(C(C)C)C(C)C)ccc12.[Cl-].[Cl-].[Zr+2]=[C](c1ccccc1)c1ccccc1.c1cc[cH-]c1. The molecule has 0 saturated carbocycles. The molecule has 0 N–H and O–H groups in total. The number of benzene rings is 4. The van der Waals surface area contributed by atoms with Crippen molar-refractivity contribution >= 4 is 30.4 Å². The van der Waals surface area contributed by atoms with E-state index in [2.05, 4.69) is 143 Å². The zero-order valence-electron chi connectivity index (χ0n) is 26.5. The van der Waals surface area contributed by atoms with Gasteiger partial charge in [-0.1, -0.05) is 49.2 Å². The molecule has 4 heteroatoms. The van der Waals surface area contributed by atoms with Crippen LogP contribution in [0.2, 0.25) is 0 Å². The van der Waals surface area contributed by atoms with Crippen LogP contribution >= 0.6 is 0 Å². The molecule has 0 radical (unpaired) electrons.